The smallest absolute Gasteiger partial charge is 0.260 e. The molecule has 3 rings (SSSR count). The SMILES string of the molecule is CS(=O)(=O)N(CC(=O)N/N=C\c1ccc(OCC(=O)NCCc2ccccc2)cc1)c1ccc(Cl)cc1. The summed E-state index contributed by atoms with van der Waals surface area (Å²) in [6.45, 7) is -0.0320. The molecule has 0 aliphatic carbocycles. The van der Waals surface area contributed by atoms with E-state index in [1.807, 2.05) is 30.3 Å². The Morgan fingerprint density at radius 1 is 0.973 bits per heavy atom. The monoisotopic (exact) mass is 542 g/mol. The molecule has 0 aliphatic rings. The van der Waals surface area contributed by atoms with Crippen molar-refractivity contribution in [3.63, 3.8) is 0 Å². The minimum absolute atomic E-state index is 0.108. The Balaban J connectivity index is 1.43. The first-order valence-electron chi connectivity index (χ1n) is 11.3. The van der Waals surface area contributed by atoms with E-state index in [9.17, 15) is 18.0 Å². The third-order valence-corrected chi connectivity index (χ3v) is 6.43. The van der Waals surface area contributed by atoms with Gasteiger partial charge in [0, 0.05) is 11.6 Å². The van der Waals surface area contributed by atoms with Crippen LogP contribution in [0.2, 0.25) is 5.02 Å². The molecule has 0 fully saturated rings. The lowest BCUT2D eigenvalue weighted by molar-refractivity contribution is -0.123. The van der Waals surface area contributed by atoms with Crippen molar-refractivity contribution in [1.82, 2.24) is 10.7 Å². The van der Waals surface area contributed by atoms with E-state index in [0.717, 1.165) is 22.5 Å². The van der Waals surface area contributed by atoms with Gasteiger partial charge in [0.15, 0.2) is 6.61 Å². The minimum Gasteiger partial charge on any atom is -0.484 e. The van der Waals surface area contributed by atoms with Gasteiger partial charge in [-0.2, -0.15) is 5.10 Å². The molecule has 0 saturated heterocycles. The highest BCUT2D eigenvalue weighted by Gasteiger charge is 2.20. The van der Waals surface area contributed by atoms with E-state index < -0.39 is 22.5 Å². The summed E-state index contributed by atoms with van der Waals surface area (Å²) in [5, 5.41) is 7.14. The number of nitrogens with one attached hydrogen (secondary N) is 2. The number of carbonyl (C=O) groups excluding carboxylic acids is 2. The Bertz CT molecular complexity index is 1320. The molecule has 194 valence electrons. The maximum Gasteiger partial charge on any atom is 0.260 e. The predicted octanol–water partition coefficient (Wildman–Crippen LogP) is 2.99. The zero-order valence-electron chi connectivity index (χ0n) is 20.1. The van der Waals surface area contributed by atoms with Crippen LogP contribution in [0.4, 0.5) is 5.69 Å². The summed E-state index contributed by atoms with van der Waals surface area (Å²) in [5.41, 5.74) is 4.44. The zero-order valence-corrected chi connectivity index (χ0v) is 21.7. The van der Waals surface area contributed by atoms with Crippen molar-refractivity contribution in [3.8, 4) is 5.75 Å². The van der Waals surface area contributed by atoms with Crippen molar-refractivity contribution < 1.29 is 22.7 Å². The van der Waals surface area contributed by atoms with Gasteiger partial charge in [-0.25, -0.2) is 13.8 Å². The van der Waals surface area contributed by atoms with E-state index >= 15 is 0 Å². The number of rotatable bonds is 12. The maximum atomic E-state index is 12.3. The van der Waals surface area contributed by atoms with Crippen LogP contribution in [0.25, 0.3) is 0 Å². The van der Waals surface area contributed by atoms with E-state index in [-0.39, 0.29) is 12.5 Å². The first-order valence-corrected chi connectivity index (χ1v) is 13.5. The van der Waals surface area contributed by atoms with Gasteiger partial charge in [0.05, 0.1) is 18.2 Å². The summed E-state index contributed by atoms with van der Waals surface area (Å²) in [6, 6.07) is 22.7. The number of sulfonamides is 1. The molecule has 0 bridgehead atoms. The highest BCUT2D eigenvalue weighted by Crippen LogP contribution is 2.20. The van der Waals surface area contributed by atoms with Gasteiger partial charge in [0.1, 0.15) is 12.3 Å². The van der Waals surface area contributed by atoms with Crippen LogP contribution in [0.5, 0.6) is 5.75 Å². The average Bonchev–Trinajstić information content (AvgIpc) is 2.87. The summed E-state index contributed by atoms with van der Waals surface area (Å²) >= 11 is 5.85. The van der Waals surface area contributed by atoms with Crippen molar-refractivity contribution in [2.24, 2.45) is 5.10 Å². The van der Waals surface area contributed by atoms with Crippen LogP contribution in [-0.4, -0.2) is 52.4 Å². The summed E-state index contributed by atoms with van der Waals surface area (Å²) in [5.74, 6) is -0.327. The Kier molecular flexibility index (Phi) is 10.0. The van der Waals surface area contributed by atoms with E-state index in [1.54, 1.807) is 24.3 Å². The normalized spacial score (nSPS) is 11.2. The summed E-state index contributed by atoms with van der Waals surface area (Å²) in [4.78, 5) is 24.3. The Morgan fingerprint density at radius 2 is 1.65 bits per heavy atom. The van der Waals surface area contributed by atoms with Gasteiger partial charge in [0.2, 0.25) is 10.0 Å². The second-order valence-corrected chi connectivity index (χ2v) is 10.3. The summed E-state index contributed by atoms with van der Waals surface area (Å²) < 4.78 is 30.7. The predicted molar refractivity (Wildman–Crippen MR) is 144 cm³/mol. The van der Waals surface area contributed by atoms with Gasteiger partial charge in [-0.05, 0) is 66.1 Å². The van der Waals surface area contributed by atoms with Crippen molar-refractivity contribution in [1.29, 1.82) is 0 Å². The lowest BCUT2D eigenvalue weighted by Crippen LogP contribution is -2.38. The third-order valence-electron chi connectivity index (χ3n) is 5.03. The Labute approximate surface area is 221 Å². The number of hydrogen-bond acceptors (Lipinski definition) is 6. The molecule has 0 radical (unpaired) electrons. The molecule has 0 heterocycles. The fourth-order valence-corrected chi connectivity index (χ4v) is 4.18. The van der Waals surface area contributed by atoms with E-state index in [0.29, 0.717) is 28.6 Å². The van der Waals surface area contributed by atoms with Crippen molar-refractivity contribution in [2.75, 3.05) is 30.3 Å². The quantitative estimate of drug-likeness (QED) is 0.269. The molecule has 37 heavy (non-hydrogen) atoms. The molecular weight excluding hydrogens is 516 g/mol. The van der Waals surface area contributed by atoms with Crippen LogP contribution in [0.1, 0.15) is 11.1 Å². The highest BCUT2D eigenvalue weighted by atomic mass is 35.5. The number of hydrogen-bond donors (Lipinski definition) is 2. The Morgan fingerprint density at radius 3 is 2.30 bits per heavy atom. The number of carbonyl (C=O) groups is 2. The van der Waals surface area contributed by atoms with E-state index in [1.165, 1.54) is 30.5 Å². The standard InChI is InChI=1S/C26H27ClN4O5S/c1-37(34,35)31(23-11-9-22(27)10-12-23)18-25(32)30-29-17-21-7-13-24(14-8-21)36-19-26(33)28-16-15-20-5-3-2-4-6-20/h2-14,17H,15-16,18-19H2,1H3,(H,28,33)(H,30,32)/b29-17-. The van der Waals surface area contributed by atoms with Gasteiger partial charge >= 0.3 is 0 Å². The minimum atomic E-state index is -3.70. The van der Waals surface area contributed by atoms with Crippen LogP contribution < -0.4 is 19.8 Å². The molecule has 11 heteroatoms. The first-order chi connectivity index (χ1) is 17.7. The van der Waals surface area contributed by atoms with Gasteiger partial charge in [-0.1, -0.05) is 41.9 Å². The molecule has 3 aromatic rings. The Hall–Kier alpha value is -3.89. The number of anilines is 1. The number of benzene rings is 3. The van der Waals surface area contributed by atoms with Crippen molar-refractivity contribution in [3.05, 3.63) is 95.0 Å². The van der Waals surface area contributed by atoms with Gasteiger partial charge in [0.25, 0.3) is 11.8 Å². The fourth-order valence-electron chi connectivity index (χ4n) is 3.19. The van der Waals surface area contributed by atoms with Gasteiger partial charge in [-0.3, -0.25) is 13.9 Å². The first kappa shape index (κ1) is 27.7. The largest absolute Gasteiger partial charge is 0.484 e. The van der Waals surface area contributed by atoms with Crippen LogP contribution in [-0.2, 0) is 26.0 Å². The number of halogens is 1. The second-order valence-electron chi connectivity index (χ2n) is 7.98. The van der Waals surface area contributed by atoms with Crippen LogP contribution in [0.15, 0.2) is 84.0 Å². The molecule has 2 amide bonds. The number of nitrogens with zero attached hydrogens (tertiary/aromatic N) is 2. The number of hydrazone groups is 1. The molecule has 0 aromatic heterocycles. The highest BCUT2D eigenvalue weighted by molar-refractivity contribution is 7.92. The number of amides is 2. The fraction of sp³-hybridized carbons (Fsp3) is 0.192. The van der Waals surface area contributed by atoms with E-state index in [2.05, 4.69) is 15.8 Å². The molecule has 9 nitrogen and oxygen atoms in total. The summed E-state index contributed by atoms with van der Waals surface area (Å²) in [6.07, 6.45) is 3.16. The topological polar surface area (TPSA) is 117 Å². The van der Waals surface area contributed by atoms with E-state index in [4.69, 9.17) is 16.3 Å². The maximum absolute atomic E-state index is 12.3. The lowest BCUT2D eigenvalue weighted by atomic mass is 10.1. The molecule has 2 N–H and O–H groups in total. The van der Waals surface area contributed by atoms with Crippen LogP contribution in [0.3, 0.4) is 0 Å². The molecule has 0 atom stereocenters. The zero-order chi connectivity index (χ0) is 26.7. The lowest BCUT2D eigenvalue weighted by Gasteiger charge is -2.21. The van der Waals surface area contributed by atoms with Gasteiger partial charge in [-0.15, -0.1) is 0 Å². The molecule has 0 unspecified atom stereocenters. The molecule has 0 spiro atoms. The number of ether oxygens (including phenoxy) is 1. The molecule has 0 saturated carbocycles. The van der Waals surface area contributed by atoms with Crippen molar-refractivity contribution >= 4 is 45.3 Å². The van der Waals surface area contributed by atoms with Crippen molar-refractivity contribution in [2.45, 2.75) is 6.42 Å². The molecule has 3 aromatic carbocycles. The second kappa shape index (κ2) is 13.4. The molecular formula is C26H27ClN4O5S. The average molecular weight is 543 g/mol. The molecule has 0 aliphatic heterocycles. The van der Waals surface area contributed by atoms with Crippen LogP contribution in [0, 0.1) is 0 Å². The van der Waals surface area contributed by atoms with Crippen LogP contribution >= 0.6 is 11.6 Å². The third kappa shape index (κ3) is 9.59. The summed E-state index contributed by atoms with van der Waals surface area (Å²) in [7, 11) is -3.70. The van der Waals surface area contributed by atoms with Gasteiger partial charge < -0.3 is 10.1 Å².